The van der Waals surface area contributed by atoms with Crippen molar-refractivity contribution in [3.63, 3.8) is 0 Å². The Kier molecular flexibility index (Phi) is 5.58. The largest absolute Gasteiger partial charge is 0.497 e. The van der Waals surface area contributed by atoms with Gasteiger partial charge in [0.2, 0.25) is 17.7 Å². The molecule has 6 nitrogen and oxygen atoms in total. The van der Waals surface area contributed by atoms with Gasteiger partial charge in [-0.25, -0.2) is 4.90 Å². The monoisotopic (exact) mass is 370 g/mol. The Morgan fingerprint density at radius 2 is 1.85 bits per heavy atom. The molecule has 0 aliphatic carbocycles. The third-order valence-electron chi connectivity index (χ3n) is 3.91. The van der Waals surface area contributed by atoms with Gasteiger partial charge < -0.3 is 10.1 Å². The highest BCUT2D eigenvalue weighted by molar-refractivity contribution is 8.01. The summed E-state index contributed by atoms with van der Waals surface area (Å²) in [6, 6.07) is 15.8. The van der Waals surface area contributed by atoms with E-state index in [2.05, 4.69) is 5.32 Å². The van der Waals surface area contributed by atoms with Crippen LogP contribution in [0.4, 0.5) is 11.4 Å². The van der Waals surface area contributed by atoms with Gasteiger partial charge >= 0.3 is 0 Å². The summed E-state index contributed by atoms with van der Waals surface area (Å²) in [5, 5.41) is 2.22. The Bertz CT molecular complexity index is 808. The third kappa shape index (κ3) is 4.05. The highest BCUT2D eigenvalue weighted by atomic mass is 32.2. The quantitative estimate of drug-likeness (QED) is 0.792. The van der Waals surface area contributed by atoms with Crippen molar-refractivity contribution >= 4 is 40.9 Å². The summed E-state index contributed by atoms with van der Waals surface area (Å²) in [5.74, 6) is 0.0583. The molecule has 2 aromatic carbocycles. The molecule has 26 heavy (non-hydrogen) atoms. The zero-order valence-electron chi connectivity index (χ0n) is 14.2. The number of hydrogen-bond donors (Lipinski definition) is 1. The van der Waals surface area contributed by atoms with E-state index in [1.165, 1.54) is 16.7 Å². The lowest BCUT2D eigenvalue weighted by Crippen LogP contribution is -2.31. The minimum Gasteiger partial charge on any atom is -0.497 e. The molecule has 0 spiro atoms. The lowest BCUT2D eigenvalue weighted by Gasteiger charge is -2.14. The second kappa shape index (κ2) is 8.05. The summed E-state index contributed by atoms with van der Waals surface area (Å²) in [6.45, 7) is 0. The van der Waals surface area contributed by atoms with E-state index in [4.69, 9.17) is 4.74 Å². The van der Waals surface area contributed by atoms with Crippen LogP contribution in [0, 0.1) is 0 Å². The molecular formula is C19H18N2O4S. The zero-order valence-corrected chi connectivity index (χ0v) is 15.0. The Balaban J connectivity index is 1.55. The molecule has 7 heteroatoms. The topological polar surface area (TPSA) is 75.7 Å². The minimum atomic E-state index is -0.538. The van der Waals surface area contributed by atoms with Crippen LogP contribution < -0.4 is 15.0 Å². The van der Waals surface area contributed by atoms with E-state index in [0.717, 1.165) is 0 Å². The van der Waals surface area contributed by atoms with Gasteiger partial charge in [-0.2, -0.15) is 0 Å². The molecule has 0 saturated carbocycles. The first-order chi connectivity index (χ1) is 12.6. The summed E-state index contributed by atoms with van der Waals surface area (Å²) in [4.78, 5) is 38.0. The fourth-order valence-corrected chi connectivity index (χ4v) is 3.56. The first-order valence-corrected chi connectivity index (χ1v) is 9.10. The molecule has 1 fully saturated rings. The van der Waals surface area contributed by atoms with Gasteiger partial charge in [0.25, 0.3) is 0 Å². The molecule has 1 atom stereocenters. The van der Waals surface area contributed by atoms with Crippen molar-refractivity contribution in [3.8, 4) is 5.75 Å². The van der Waals surface area contributed by atoms with Crippen LogP contribution in [0.5, 0.6) is 5.75 Å². The third-order valence-corrected chi connectivity index (χ3v) is 5.11. The number of thioether (sulfide) groups is 1. The predicted octanol–water partition coefficient (Wildman–Crippen LogP) is 2.70. The molecule has 0 bridgehead atoms. The second-order valence-corrected chi connectivity index (χ2v) is 6.87. The van der Waals surface area contributed by atoms with E-state index in [-0.39, 0.29) is 29.9 Å². The van der Waals surface area contributed by atoms with E-state index in [0.29, 0.717) is 17.1 Å². The zero-order chi connectivity index (χ0) is 18.5. The molecule has 1 aliphatic rings. The normalized spacial score (nSPS) is 16.7. The summed E-state index contributed by atoms with van der Waals surface area (Å²) in [6.07, 6.45) is 0.105. The van der Waals surface area contributed by atoms with E-state index in [1.807, 2.05) is 6.07 Å². The highest BCUT2D eigenvalue weighted by Crippen LogP contribution is 2.29. The Morgan fingerprint density at radius 3 is 2.50 bits per heavy atom. The van der Waals surface area contributed by atoms with Crippen LogP contribution in [-0.2, 0) is 14.4 Å². The molecule has 1 aliphatic heterocycles. The van der Waals surface area contributed by atoms with Crippen molar-refractivity contribution in [1.82, 2.24) is 0 Å². The number of imide groups is 1. The Hall–Kier alpha value is -2.80. The molecule has 2 aromatic rings. The maximum atomic E-state index is 12.5. The Labute approximate surface area is 155 Å². The SMILES string of the molecule is COc1ccc(NC(=O)CS[C@H]2CC(=O)N(c3ccccc3)C2=O)cc1. The van der Waals surface area contributed by atoms with E-state index in [1.54, 1.807) is 55.6 Å². The molecule has 0 unspecified atom stereocenters. The predicted molar refractivity (Wildman–Crippen MR) is 101 cm³/mol. The number of para-hydroxylation sites is 1. The van der Waals surface area contributed by atoms with Crippen molar-refractivity contribution in [1.29, 1.82) is 0 Å². The minimum absolute atomic E-state index is 0.0956. The molecule has 1 N–H and O–H groups in total. The lowest BCUT2D eigenvalue weighted by atomic mass is 10.3. The average molecular weight is 370 g/mol. The van der Waals surface area contributed by atoms with Crippen molar-refractivity contribution in [2.75, 3.05) is 23.1 Å². The summed E-state index contributed by atoms with van der Waals surface area (Å²) < 4.78 is 5.07. The number of carbonyl (C=O) groups excluding carboxylic acids is 3. The van der Waals surface area contributed by atoms with Crippen LogP contribution in [0.15, 0.2) is 54.6 Å². The van der Waals surface area contributed by atoms with E-state index >= 15 is 0 Å². The molecule has 3 rings (SSSR count). The maximum absolute atomic E-state index is 12.5. The lowest BCUT2D eigenvalue weighted by molar-refractivity contribution is -0.121. The average Bonchev–Trinajstić information content (AvgIpc) is 2.95. The number of methoxy groups -OCH3 is 1. The molecule has 3 amide bonds. The van der Waals surface area contributed by atoms with Crippen LogP contribution in [0.3, 0.4) is 0 Å². The van der Waals surface area contributed by atoms with Crippen molar-refractivity contribution in [2.24, 2.45) is 0 Å². The number of rotatable bonds is 6. The van der Waals surface area contributed by atoms with Gasteiger partial charge in [-0.15, -0.1) is 11.8 Å². The number of ether oxygens (including phenoxy) is 1. The fraction of sp³-hybridized carbons (Fsp3) is 0.211. The van der Waals surface area contributed by atoms with Crippen LogP contribution in [0.1, 0.15) is 6.42 Å². The molecular weight excluding hydrogens is 352 g/mol. The summed E-state index contributed by atoms with van der Waals surface area (Å²) in [5.41, 5.74) is 1.21. The number of carbonyl (C=O) groups is 3. The molecule has 134 valence electrons. The van der Waals surface area contributed by atoms with Gasteiger partial charge in [0.1, 0.15) is 5.75 Å². The highest BCUT2D eigenvalue weighted by Gasteiger charge is 2.39. The molecule has 1 heterocycles. The molecule has 1 saturated heterocycles. The Morgan fingerprint density at radius 1 is 1.15 bits per heavy atom. The summed E-state index contributed by atoms with van der Waals surface area (Å²) >= 11 is 1.18. The van der Waals surface area contributed by atoms with Crippen LogP contribution in [0.2, 0.25) is 0 Å². The standard InChI is InChI=1S/C19H18N2O4S/c1-25-15-9-7-13(8-10-15)20-17(22)12-26-16-11-18(23)21(19(16)24)14-5-3-2-4-6-14/h2-10,16H,11-12H2,1H3,(H,20,22)/t16-/m0/s1. The molecule has 0 radical (unpaired) electrons. The van der Waals surface area contributed by atoms with Crippen molar-refractivity contribution in [3.05, 3.63) is 54.6 Å². The van der Waals surface area contributed by atoms with Gasteiger partial charge in [0, 0.05) is 12.1 Å². The van der Waals surface area contributed by atoms with Crippen molar-refractivity contribution < 1.29 is 19.1 Å². The summed E-state index contributed by atoms with van der Waals surface area (Å²) in [7, 11) is 1.57. The smallest absolute Gasteiger partial charge is 0.247 e. The number of anilines is 2. The van der Waals surface area contributed by atoms with E-state index < -0.39 is 5.25 Å². The van der Waals surface area contributed by atoms with Crippen LogP contribution in [0.25, 0.3) is 0 Å². The number of nitrogens with one attached hydrogen (secondary N) is 1. The first-order valence-electron chi connectivity index (χ1n) is 8.06. The number of nitrogens with zero attached hydrogens (tertiary/aromatic N) is 1. The van der Waals surface area contributed by atoms with Crippen LogP contribution >= 0.6 is 11.8 Å². The first kappa shape index (κ1) is 18.0. The second-order valence-electron chi connectivity index (χ2n) is 5.68. The number of amides is 3. The van der Waals surface area contributed by atoms with Gasteiger partial charge in [0.15, 0.2) is 0 Å². The van der Waals surface area contributed by atoms with E-state index in [9.17, 15) is 14.4 Å². The molecule has 0 aromatic heterocycles. The van der Waals surface area contributed by atoms with Crippen molar-refractivity contribution in [2.45, 2.75) is 11.7 Å². The fourth-order valence-electron chi connectivity index (χ4n) is 2.63. The van der Waals surface area contributed by atoms with Gasteiger partial charge in [-0.05, 0) is 36.4 Å². The van der Waals surface area contributed by atoms with Gasteiger partial charge in [-0.3, -0.25) is 14.4 Å². The number of hydrogen-bond acceptors (Lipinski definition) is 5. The van der Waals surface area contributed by atoms with Crippen LogP contribution in [-0.4, -0.2) is 35.8 Å². The number of benzene rings is 2. The van der Waals surface area contributed by atoms with Gasteiger partial charge in [0.05, 0.1) is 23.8 Å². The maximum Gasteiger partial charge on any atom is 0.247 e. The van der Waals surface area contributed by atoms with Gasteiger partial charge in [-0.1, -0.05) is 18.2 Å².